The SMILES string of the molecule is C[C@@]1(O)CN(C(=O)C2(C3CC3)CCC(N3CCC(c4ccc(F)c(C(=O)O)c4)CC3)CC2)Cc2cc(C(F)(F)F)ccc21. The highest BCUT2D eigenvalue weighted by Crippen LogP contribution is 2.56. The van der Waals surface area contributed by atoms with Crippen LogP contribution in [0.15, 0.2) is 36.4 Å². The van der Waals surface area contributed by atoms with Crippen LogP contribution in [0.25, 0.3) is 0 Å². The Morgan fingerprint density at radius 1 is 0.953 bits per heavy atom. The zero-order chi connectivity index (χ0) is 30.7. The van der Waals surface area contributed by atoms with Crippen LogP contribution >= 0.6 is 0 Å². The van der Waals surface area contributed by atoms with Crippen LogP contribution in [-0.4, -0.2) is 57.6 Å². The average molecular weight is 603 g/mol. The molecule has 1 amide bonds. The number of carbonyl (C=O) groups is 2. The van der Waals surface area contributed by atoms with Crippen LogP contribution in [0.1, 0.15) is 96.8 Å². The molecule has 43 heavy (non-hydrogen) atoms. The Hall–Kier alpha value is -2.98. The first-order chi connectivity index (χ1) is 20.3. The van der Waals surface area contributed by atoms with Crippen molar-refractivity contribution in [2.75, 3.05) is 19.6 Å². The Morgan fingerprint density at radius 3 is 2.23 bits per heavy atom. The van der Waals surface area contributed by atoms with Gasteiger partial charge in [0.15, 0.2) is 0 Å². The Balaban J connectivity index is 1.12. The zero-order valence-corrected chi connectivity index (χ0v) is 24.3. The van der Waals surface area contributed by atoms with E-state index in [9.17, 15) is 37.4 Å². The molecule has 6 rings (SSSR count). The predicted molar refractivity (Wildman–Crippen MR) is 151 cm³/mol. The number of fused-ring (bicyclic) bond motifs is 1. The van der Waals surface area contributed by atoms with Gasteiger partial charge in [0.25, 0.3) is 0 Å². The standard InChI is InChI=1S/C33H38F4N2O4/c1-31(43)19-39(18-22-16-24(33(35,36)37)5-6-27(22)31)30(42)32(23-3-4-23)12-8-25(9-13-32)38-14-10-20(11-15-38)21-2-7-28(34)26(17-21)29(40)41/h2,5-7,16-17,20,23,25,43H,3-4,8-15,18-19H2,1H3,(H,40,41)/t25?,31-,32?/m1/s1. The Labute approximate surface area is 248 Å². The molecule has 0 aromatic heterocycles. The molecular weight excluding hydrogens is 564 g/mol. The summed E-state index contributed by atoms with van der Waals surface area (Å²) in [7, 11) is 0. The number of nitrogens with zero attached hydrogens (tertiary/aromatic N) is 2. The number of likely N-dealkylation sites (tertiary alicyclic amines) is 1. The molecule has 0 bridgehead atoms. The number of carboxylic acids is 1. The molecule has 0 radical (unpaired) electrons. The first-order valence-corrected chi connectivity index (χ1v) is 15.3. The highest BCUT2D eigenvalue weighted by molar-refractivity contribution is 5.88. The van der Waals surface area contributed by atoms with Gasteiger partial charge >= 0.3 is 12.1 Å². The van der Waals surface area contributed by atoms with Crippen LogP contribution < -0.4 is 0 Å². The number of amides is 1. The number of hydrogen-bond donors (Lipinski definition) is 2. The lowest BCUT2D eigenvalue weighted by atomic mass is 9.67. The van der Waals surface area contributed by atoms with Crippen molar-refractivity contribution < 1.29 is 37.4 Å². The van der Waals surface area contributed by atoms with E-state index in [1.807, 2.05) is 0 Å². The number of hydrogen-bond acceptors (Lipinski definition) is 4. The van der Waals surface area contributed by atoms with Gasteiger partial charge in [-0.3, -0.25) is 4.79 Å². The maximum Gasteiger partial charge on any atom is 0.416 e. The van der Waals surface area contributed by atoms with E-state index in [2.05, 4.69) is 4.90 Å². The van der Waals surface area contributed by atoms with E-state index in [1.54, 1.807) is 17.9 Å². The molecule has 1 saturated heterocycles. The monoisotopic (exact) mass is 602 g/mol. The number of piperidine rings is 1. The molecule has 232 valence electrons. The summed E-state index contributed by atoms with van der Waals surface area (Å²) in [5, 5.41) is 20.5. The lowest BCUT2D eigenvalue weighted by Gasteiger charge is -2.48. The number of aromatic carboxylic acids is 1. The molecule has 2 aliphatic carbocycles. The molecule has 0 spiro atoms. The molecule has 2 heterocycles. The number of carbonyl (C=O) groups excluding carboxylic acids is 1. The molecule has 2 aromatic rings. The number of rotatable bonds is 5. The molecule has 1 atom stereocenters. The first-order valence-electron chi connectivity index (χ1n) is 15.3. The van der Waals surface area contributed by atoms with Gasteiger partial charge in [-0.15, -0.1) is 0 Å². The third kappa shape index (κ3) is 5.68. The quantitative estimate of drug-likeness (QED) is 0.392. The van der Waals surface area contributed by atoms with Crippen molar-refractivity contribution in [2.45, 2.75) is 88.6 Å². The normalized spacial score (nSPS) is 28.9. The Kier molecular flexibility index (Phi) is 7.60. The van der Waals surface area contributed by atoms with Gasteiger partial charge in [-0.2, -0.15) is 13.2 Å². The molecule has 4 aliphatic rings. The summed E-state index contributed by atoms with van der Waals surface area (Å²) in [4.78, 5) is 29.7. The van der Waals surface area contributed by atoms with E-state index < -0.39 is 34.5 Å². The molecule has 2 N–H and O–H groups in total. The van der Waals surface area contributed by atoms with Crippen LogP contribution in [0.3, 0.4) is 0 Å². The summed E-state index contributed by atoms with van der Waals surface area (Å²) in [6, 6.07) is 8.09. The third-order valence-electron chi connectivity index (χ3n) is 10.5. The minimum atomic E-state index is -4.50. The van der Waals surface area contributed by atoms with Crippen LogP contribution in [0.5, 0.6) is 0 Å². The maximum absolute atomic E-state index is 14.2. The Bertz CT molecular complexity index is 1400. The summed E-state index contributed by atoms with van der Waals surface area (Å²) < 4.78 is 54.2. The fourth-order valence-corrected chi connectivity index (χ4v) is 8.08. The van der Waals surface area contributed by atoms with Crippen LogP contribution in [0, 0.1) is 17.2 Å². The van der Waals surface area contributed by atoms with Gasteiger partial charge in [-0.05, 0) is 124 Å². The van der Waals surface area contributed by atoms with Gasteiger partial charge in [0.1, 0.15) is 11.4 Å². The summed E-state index contributed by atoms with van der Waals surface area (Å²) in [5.41, 5.74) is -1.43. The molecular formula is C33H38F4N2O4. The van der Waals surface area contributed by atoms with Crippen molar-refractivity contribution in [1.82, 2.24) is 9.80 Å². The molecule has 2 aromatic carbocycles. The second-order valence-corrected chi connectivity index (χ2v) is 13.3. The van der Waals surface area contributed by atoms with Gasteiger partial charge in [0.05, 0.1) is 23.1 Å². The summed E-state index contributed by atoms with van der Waals surface area (Å²) in [6.45, 7) is 3.37. The van der Waals surface area contributed by atoms with Gasteiger partial charge in [0, 0.05) is 12.6 Å². The Morgan fingerprint density at radius 2 is 1.63 bits per heavy atom. The predicted octanol–water partition coefficient (Wildman–Crippen LogP) is 6.31. The third-order valence-corrected chi connectivity index (χ3v) is 10.5. The lowest BCUT2D eigenvalue weighted by Crippen LogP contribution is -2.54. The second kappa shape index (κ2) is 10.9. The van der Waals surface area contributed by atoms with Crippen molar-refractivity contribution in [3.05, 3.63) is 70.0 Å². The van der Waals surface area contributed by atoms with Crippen molar-refractivity contribution in [3.63, 3.8) is 0 Å². The molecule has 6 nitrogen and oxygen atoms in total. The number of alkyl halides is 3. The fourth-order valence-electron chi connectivity index (χ4n) is 8.08. The minimum Gasteiger partial charge on any atom is -0.478 e. The highest BCUT2D eigenvalue weighted by Gasteiger charge is 2.55. The molecule has 10 heteroatoms. The van der Waals surface area contributed by atoms with E-state index in [1.165, 1.54) is 18.2 Å². The second-order valence-electron chi connectivity index (χ2n) is 13.3. The molecule has 2 aliphatic heterocycles. The van der Waals surface area contributed by atoms with Gasteiger partial charge in [0.2, 0.25) is 5.91 Å². The number of benzene rings is 2. The smallest absolute Gasteiger partial charge is 0.416 e. The van der Waals surface area contributed by atoms with Crippen molar-refractivity contribution in [3.8, 4) is 0 Å². The summed E-state index contributed by atoms with van der Waals surface area (Å²) in [6.07, 6.45) is 2.26. The fraction of sp³-hybridized carbons (Fsp3) is 0.576. The number of halogens is 4. The highest BCUT2D eigenvalue weighted by atomic mass is 19.4. The van der Waals surface area contributed by atoms with Gasteiger partial charge in [-0.25, -0.2) is 9.18 Å². The number of β-amino-alcohol motifs (C(OH)–C–C–N with tert-alkyl or cyclic N) is 1. The molecule has 0 unspecified atom stereocenters. The van der Waals surface area contributed by atoms with Crippen molar-refractivity contribution >= 4 is 11.9 Å². The molecule has 2 saturated carbocycles. The van der Waals surface area contributed by atoms with E-state index in [0.717, 1.165) is 82.2 Å². The largest absolute Gasteiger partial charge is 0.478 e. The summed E-state index contributed by atoms with van der Waals surface area (Å²) in [5.74, 6) is -1.61. The van der Waals surface area contributed by atoms with Gasteiger partial charge in [-0.1, -0.05) is 12.1 Å². The van der Waals surface area contributed by atoms with E-state index in [-0.39, 0.29) is 36.4 Å². The van der Waals surface area contributed by atoms with Crippen LogP contribution in [0.2, 0.25) is 0 Å². The summed E-state index contributed by atoms with van der Waals surface area (Å²) >= 11 is 0. The van der Waals surface area contributed by atoms with Crippen LogP contribution in [-0.2, 0) is 23.1 Å². The lowest BCUT2D eigenvalue weighted by molar-refractivity contribution is -0.152. The van der Waals surface area contributed by atoms with E-state index >= 15 is 0 Å². The van der Waals surface area contributed by atoms with E-state index in [0.29, 0.717) is 17.2 Å². The topological polar surface area (TPSA) is 81.1 Å². The average Bonchev–Trinajstić information content (AvgIpc) is 3.82. The van der Waals surface area contributed by atoms with Crippen molar-refractivity contribution in [2.24, 2.45) is 11.3 Å². The first kappa shape index (κ1) is 30.1. The number of aliphatic hydroxyl groups is 1. The van der Waals surface area contributed by atoms with Crippen LogP contribution in [0.4, 0.5) is 17.6 Å². The van der Waals surface area contributed by atoms with Crippen molar-refractivity contribution in [1.29, 1.82) is 0 Å². The zero-order valence-electron chi connectivity index (χ0n) is 24.3. The van der Waals surface area contributed by atoms with E-state index in [4.69, 9.17) is 0 Å². The molecule has 3 fully saturated rings. The minimum absolute atomic E-state index is 0.0407. The van der Waals surface area contributed by atoms with Gasteiger partial charge < -0.3 is 20.0 Å². The maximum atomic E-state index is 14.2. The number of carboxylic acid groups (broad SMARTS) is 1.